The summed E-state index contributed by atoms with van der Waals surface area (Å²) < 4.78 is 13.3. The molecule has 1 amide bonds. The molecule has 1 fully saturated rings. The standard InChI is InChI=1S/C17H25FN2O/c1-12(2)9-13-5-4-8-17(11-13,16(19)21)20-15-7-3-6-14(18)10-15/h3,6-7,10,12-13,20H,4-5,8-9,11H2,1-2H3,(H2,19,21). The van der Waals surface area contributed by atoms with E-state index in [1.807, 2.05) is 0 Å². The molecule has 2 atom stereocenters. The number of halogens is 1. The molecule has 0 aromatic heterocycles. The van der Waals surface area contributed by atoms with Crippen LogP contribution in [0, 0.1) is 17.7 Å². The van der Waals surface area contributed by atoms with Gasteiger partial charge in [0.15, 0.2) is 0 Å². The Morgan fingerprint density at radius 1 is 1.52 bits per heavy atom. The summed E-state index contributed by atoms with van der Waals surface area (Å²) in [4.78, 5) is 12.1. The minimum Gasteiger partial charge on any atom is -0.371 e. The van der Waals surface area contributed by atoms with Crippen LogP contribution < -0.4 is 11.1 Å². The number of hydrogen-bond donors (Lipinski definition) is 2. The first-order valence-electron chi connectivity index (χ1n) is 7.75. The van der Waals surface area contributed by atoms with Crippen molar-refractivity contribution in [3.05, 3.63) is 30.1 Å². The molecule has 2 rings (SSSR count). The SMILES string of the molecule is CC(C)CC1CCCC(Nc2cccc(F)c2)(C(N)=O)C1. The van der Waals surface area contributed by atoms with Crippen molar-refractivity contribution >= 4 is 11.6 Å². The predicted molar refractivity (Wildman–Crippen MR) is 83.4 cm³/mol. The van der Waals surface area contributed by atoms with Crippen molar-refractivity contribution in [2.24, 2.45) is 17.6 Å². The molecule has 1 aliphatic carbocycles. The third-order valence-corrected chi connectivity index (χ3v) is 4.34. The van der Waals surface area contributed by atoms with Crippen LogP contribution in [0.15, 0.2) is 24.3 Å². The maximum atomic E-state index is 13.3. The predicted octanol–water partition coefficient (Wildman–Crippen LogP) is 3.70. The average Bonchev–Trinajstić information content (AvgIpc) is 2.38. The number of hydrogen-bond acceptors (Lipinski definition) is 2. The van der Waals surface area contributed by atoms with Gasteiger partial charge in [-0.05, 0) is 49.3 Å². The van der Waals surface area contributed by atoms with Gasteiger partial charge in [0.05, 0.1) is 0 Å². The molecule has 1 saturated carbocycles. The minimum absolute atomic E-state index is 0.311. The maximum absolute atomic E-state index is 13.3. The second-order valence-corrected chi connectivity index (χ2v) is 6.67. The van der Waals surface area contributed by atoms with E-state index in [0.717, 1.165) is 25.7 Å². The Bertz CT molecular complexity index is 503. The van der Waals surface area contributed by atoms with E-state index in [1.54, 1.807) is 12.1 Å². The van der Waals surface area contributed by atoms with Crippen LogP contribution in [0.25, 0.3) is 0 Å². The van der Waals surface area contributed by atoms with Gasteiger partial charge < -0.3 is 11.1 Å². The molecule has 21 heavy (non-hydrogen) atoms. The minimum atomic E-state index is -0.744. The van der Waals surface area contributed by atoms with Gasteiger partial charge in [-0.25, -0.2) is 4.39 Å². The first-order valence-corrected chi connectivity index (χ1v) is 7.75. The second-order valence-electron chi connectivity index (χ2n) is 6.67. The van der Waals surface area contributed by atoms with E-state index in [0.29, 0.717) is 23.9 Å². The number of anilines is 1. The third-order valence-electron chi connectivity index (χ3n) is 4.34. The smallest absolute Gasteiger partial charge is 0.243 e. The van der Waals surface area contributed by atoms with Crippen LogP contribution >= 0.6 is 0 Å². The molecule has 0 radical (unpaired) electrons. The van der Waals surface area contributed by atoms with Crippen LogP contribution in [-0.2, 0) is 4.79 Å². The lowest BCUT2D eigenvalue weighted by atomic mass is 9.72. The van der Waals surface area contributed by atoms with Crippen LogP contribution in [0.1, 0.15) is 46.0 Å². The van der Waals surface area contributed by atoms with Crippen LogP contribution in [0.5, 0.6) is 0 Å². The number of nitrogens with two attached hydrogens (primary N) is 1. The van der Waals surface area contributed by atoms with Crippen LogP contribution in [0.3, 0.4) is 0 Å². The Morgan fingerprint density at radius 2 is 2.29 bits per heavy atom. The molecule has 0 aliphatic heterocycles. The molecule has 3 N–H and O–H groups in total. The Kier molecular flexibility index (Phi) is 4.86. The highest BCUT2D eigenvalue weighted by molar-refractivity contribution is 5.88. The number of rotatable bonds is 5. The van der Waals surface area contributed by atoms with Crippen molar-refractivity contribution in [2.75, 3.05) is 5.32 Å². The summed E-state index contributed by atoms with van der Waals surface area (Å²) in [7, 11) is 0. The van der Waals surface area contributed by atoms with Crippen molar-refractivity contribution < 1.29 is 9.18 Å². The lowest BCUT2D eigenvalue weighted by Crippen LogP contribution is -2.53. The summed E-state index contributed by atoms with van der Waals surface area (Å²) in [6, 6.07) is 6.22. The van der Waals surface area contributed by atoms with Crippen molar-refractivity contribution in [3.8, 4) is 0 Å². The van der Waals surface area contributed by atoms with Gasteiger partial charge in [-0.3, -0.25) is 4.79 Å². The maximum Gasteiger partial charge on any atom is 0.243 e. The molecule has 1 aromatic rings. The molecular weight excluding hydrogens is 267 g/mol. The van der Waals surface area contributed by atoms with Crippen LogP contribution in [-0.4, -0.2) is 11.4 Å². The third kappa shape index (κ3) is 3.96. The molecule has 1 aliphatic rings. The lowest BCUT2D eigenvalue weighted by Gasteiger charge is -2.40. The van der Waals surface area contributed by atoms with E-state index in [4.69, 9.17) is 5.73 Å². The fourth-order valence-electron chi connectivity index (χ4n) is 3.50. The summed E-state index contributed by atoms with van der Waals surface area (Å²) in [5.74, 6) is 0.453. The summed E-state index contributed by atoms with van der Waals surface area (Å²) >= 11 is 0. The number of primary amides is 1. The van der Waals surface area contributed by atoms with Gasteiger partial charge in [-0.2, -0.15) is 0 Å². The number of nitrogens with one attached hydrogen (secondary N) is 1. The van der Waals surface area contributed by atoms with Crippen LogP contribution in [0.2, 0.25) is 0 Å². The highest BCUT2D eigenvalue weighted by Crippen LogP contribution is 2.38. The fraction of sp³-hybridized carbons (Fsp3) is 0.588. The van der Waals surface area contributed by atoms with E-state index in [-0.39, 0.29) is 11.7 Å². The van der Waals surface area contributed by atoms with E-state index in [1.165, 1.54) is 12.1 Å². The fourth-order valence-corrected chi connectivity index (χ4v) is 3.50. The molecule has 0 spiro atoms. The van der Waals surface area contributed by atoms with Crippen molar-refractivity contribution in [2.45, 2.75) is 51.5 Å². The normalized spacial score (nSPS) is 25.8. The second kappa shape index (κ2) is 6.46. The Balaban J connectivity index is 2.18. The van der Waals surface area contributed by atoms with E-state index in [2.05, 4.69) is 19.2 Å². The molecule has 4 heteroatoms. The quantitative estimate of drug-likeness (QED) is 0.869. The van der Waals surface area contributed by atoms with Gasteiger partial charge >= 0.3 is 0 Å². The van der Waals surface area contributed by atoms with Gasteiger partial charge in [0.2, 0.25) is 5.91 Å². The highest BCUT2D eigenvalue weighted by Gasteiger charge is 2.41. The van der Waals surface area contributed by atoms with E-state index >= 15 is 0 Å². The molecule has 1 aromatic carbocycles. The number of carbonyl (C=O) groups is 1. The largest absolute Gasteiger partial charge is 0.371 e. The number of benzene rings is 1. The van der Waals surface area contributed by atoms with Crippen molar-refractivity contribution in [1.82, 2.24) is 0 Å². The number of amides is 1. The van der Waals surface area contributed by atoms with Gasteiger partial charge in [-0.15, -0.1) is 0 Å². The Hall–Kier alpha value is -1.58. The van der Waals surface area contributed by atoms with Gasteiger partial charge in [-0.1, -0.05) is 32.8 Å². The molecule has 116 valence electrons. The van der Waals surface area contributed by atoms with Gasteiger partial charge in [0.1, 0.15) is 11.4 Å². The van der Waals surface area contributed by atoms with Crippen molar-refractivity contribution in [3.63, 3.8) is 0 Å². The summed E-state index contributed by atoms with van der Waals surface area (Å²) in [5, 5.41) is 3.22. The Morgan fingerprint density at radius 3 is 2.90 bits per heavy atom. The Labute approximate surface area is 126 Å². The molecule has 2 unspecified atom stereocenters. The lowest BCUT2D eigenvalue weighted by molar-refractivity contribution is -0.123. The van der Waals surface area contributed by atoms with Crippen LogP contribution in [0.4, 0.5) is 10.1 Å². The van der Waals surface area contributed by atoms with E-state index < -0.39 is 5.54 Å². The average molecular weight is 292 g/mol. The summed E-state index contributed by atoms with van der Waals surface area (Å²) in [5.41, 5.74) is 5.57. The molecule has 0 bridgehead atoms. The van der Waals surface area contributed by atoms with Crippen molar-refractivity contribution in [1.29, 1.82) is 0 Å². The first-order chi connectivity index (χ1) is 9.91. The van der Waals surface area contributed by atoms with Gasteiger partial charge in [0, 0.05) is 5.69 Å². The van der Waals surface area contributed by atoms with Gasteiger partial charge in [0.25, 0.3) is 0 Å². The monoisotopic (exact) mass is 292 g/mol. The highest BCUT2D eigenvalue weighted by atomic mass is 19.1. The molecule has 3 nitrogen and oxygen atoms in total. The summed E-state index contributed by atoms with van der Waals surface area (Å²) in [6.45, 7) is 4.39. The molecule has 0 saturated heterocycles. The zero-order chi connectivity index (χ0) is 15.5. The molecule has 0 heterocycles. The first kappa shape index (κ1) is 15.8. The zero-order valence-electron chi connectivity index (χ0n) is 12.9. The van der Waals surface area contributed by atoms with E-state index in [9.17, 15) is 9.18 Å². The zero-order valence-corrected chi connectivity index (χ0v) is 12.9. The number of carbonyl (C=O) groups excluding carboxylic acids is 1. The molecular formula is C17H25FN2O. The summed E-state index contributed by atoms with van der Waals surface area (Å²) in [6.07, 6.45) is 4.66. The topological polar surface area (TPSA) is 55.1 Å².